The van der Waals surface area contributed by atoms with Gasteiger partial charge in [-0.15, -0.1) is 0 Å². The van der Waals surface area contributed by atoms with Crippen molar-refractivity contribution < 1.29 is 9.84 Å². The van der Waals surface area contributed by atoms with E-state index in [-0.39, 0.29) is 6.61 Å². The molecule has 0 saturated heterocycles. The number of aliphatic hydroxyl groups is 1. The van der Waals surface area contributed by atoms with Gasteiger partial charge in [-0.05, 0) is 55.2 Å². The molecule has 4 heteroatoms. The Kier molecular flexibility index (Phi) is 5.37. The number of aliphatic hydroxyl groups excluding tert-OH is 1. The molecule has 0 unspecified atom stereocenters. The van der Waals surface area contributed by atoms with Gasteiger partial charge < -0.3 is 9.84 Å². The first-order valence-electron chi connectivity index (χ1n) is 7.08. The van der Waals surface area contributed by atoms with Crippen LogP contribution in [-0.4, -0.2) is 10.1 Å². The normalized spacial score (nSPS) is 10.7. The van der Waals surface area contributed by atoms with Crippen LogP contribution in [0, 0.1) is 13.8 Å². The molecule has 0 aliphatic heterocycles. The van der Waals surface area contributed by atoms with Crippen LogP contribution in [-0.2, 0) is 13.0 Å². The Labute approximate surface area is 134 Å². The molecule has 0 fully saturated rings. The molecule has 1 aromatic carbocycles. The minimum atomic E-state index is -0.00596. The molecule has 0 radical (unpaired) electrons. The molecular formula is C17H20BrNO2. The minimum absolute atomic E-state index is 0.00596. The van der Waals surface area contributed by atoms with Gasteiger partial charge in [0.15, 0.2) is 0 Å². The second kappa shape index (κ2) is 7.05. The number of hydrogen-bond donors (Lipinski definition) is 1. The van der Waals surface area contributed by atoms with Crippen LogP contribution in [0.4, 0.5) is 0 Å². The van der Waals surface area contributed by atoms with Gasteiger partial charge in [-0.25, -0.2) is 4.98 Å². The molecule has 1 heterocycles. The van der Waals surface area contributed by atoms with Crippen LogP contribution in [0.3, 0.4) is 0 Å². The van der Waals surface area contributed by atoms with Gasteiger partial charge in [0.2, 0.25) is 5.88 Å². The van der Waals surface area contributed by atoms with E-state index >= 15 is 0 Å². The lowest BCUT2D eigenvalue weighted by Crippen LogP contribution is -1.97. The SMILES string of the molecule is CCCc1cc(CO)cc(Oc2cc(C)c(Br)c(C)c2)n1. The predicted molar refractivity (Wildman–Crippen MR) is 87.8 cm³/mol. The van der Waals surface area contributed by atoms with Crippen molar-refractivity contribution in [2.75, 3.05) is 0 Å². The molecule has 0 amide bonds. The van der Waals surface area contributed by atoms with Crippen molar-refractivity contribution in [3.63, 3.8) is 0 Å². The third kappa shape index (κ3) is 4.05. The number of hydrogen-bond acceptors (Lipinski definition) is 3. The number of aromatic nitrogens is 1. The Morgan fingerprint density at radius 1 is 1.14 bits per heavy atom. The van der Waals surface area contributed by atoms with Gasteiger partial charge in [0.1, 0.15) is 5.75 Å². The van der Waals surface area contributed by atoms with Crippen LogP contribution in [0.1, 0.15) is 35.7 Å². The molecule has 1 aromatic heterocycles. The van der Waals surface area contributed by atoms with E-state index in [1.807, 2.05) is 32.0 Å². The van der Waals surface area contributed by atoms with Crippen molar-refractivity contribution in [2.45, 2.75) is 40.2 Å². The van der Waals surface area contributed by atoms with Crippen LogP contribution in [0.25, 0.3) is 0 Å². The summed E-state index contributed by atoms with van der Waals surface area (Å²) in [5.74, 6) is 1.30. The zero-order valence-electron chi connectivity index (χ0n) is 12.6. The molecule has 0 spiro atoms. The highest BCUT2D eigenvalue weighted by Gasteiger charge is 2.07. The lowest BCUT2D eigenvalue weighted by Gasteiger charge is -2.11. The highest BCUT2D eigenvalue weighted by molar-refractivity contribution is 9.10. The van der Waals surface area contributed by atoms with E-state index < -0.39 is 0 Å². The second-order valence-electron chi connectivity index (χ2n) is 5.19. The highest BCUT2D eigenvalue weighted by Crippen LogP contribution is 2.29. The topological polar surface area (TPSA) is 42.4 Å². The maximum atomic E-state index is 9.36. The van der Waals surface area contributed by atoms with Crippen molar-refractivity contribution in [3.05, 3.63) is 51.1 Å². The van der Waals surface area contributed by atoms with Crippen LogP contribution in [0.2, 0.25) is 0 Å². The van der Waals surface area contributed by atoms with Crippen molar-refractivity contribution in [2.24, 2.45) is 0 Å². The van der Waals surface area contributed by atoms with Crippen molar-refractivity contribution >= 4 is 15.9 Å². The molecule has 21 heavy (non-hydrogen) atoms. The molecule has 0 aliphatic carbocycles. The summed E-state index contributed by atoms with van der Waals surface area (Å²) in [5.41, 5.74) is 4.02. The van der Waals surface area contributed by atoms with Crippen LogP contribution < -0.4 is 4.74 Å². The quantitative estimate of drug-likeness (QED) is 0.850. The molecular weight excluding hydrogens is 330 g/mol. The molecule has 2 rings (SSSR count). The van der Waals surface area contributed by atoms with E-state index in [1.165, 1.54) is 0 Å². The fourth-order valence-corrected chi connectivity index (χ4v) is 2.46. The van der Waals surface area contributed by atoms with E-state index in [2.05, 4.69) is 27.8 Å². The van der Waals surface area contributed by atoms with Gasteiger partial charge in [-0.1, -0.05) is 29.3 Å². The Morgan fingerprint density at radius 2 is 1.81 bits per heavy atom. The smallest absolute Gasteiger partial charge is 0.219 e. The van der Waals surface area contributed by atoms with Crippen LogP contribution in [0.5, 0.6) is 11.6 Å². The van der Waals surface area contributed by atoms with Gasteiger partial charge >= 0.3 is 0 Å². The number of rotatable bonds is 5. The summed E-state index contributed by atoms with van der Waals surface area (Å²) in [6.45, 7) is 6.16. The first kappa shape index (κ1) is 16.0. The predicted octanol–water partition coefficient (Wildman–Crippen LogP) is 4.70. The molecule has 0 saturated carbocycles. The van der Waals surface area contributed by atoms with Gasteiger partial charge in [-0.3, -0.25) is 0 Å². The van der Waals surface area contributed by atoms with Gasteiger partial charge in [-0.2, -0.15) is 0 Å². The molecule has 0 aliphatic rings. The van der Waals surface area contributed by atoms with Gasteiger partial charge in [0, 0.05) is 16.2 Å². The minimum Gasteiger partial charge on any atom is -0.439 e. The lowest BCUT2D eigenvalue weighted by atomic mass is 10.1. The van der Waals surface area contributed by atoms with Gasteiger partial charge in [0.05, 0.1) is 6.61 Å². The number of nitrogens with zero attached hydrogens (tertiary/aromatic N) is 1. The fourth-order valence-electron chi connectivity index (χ4n) is 2.23. The van der Waals surface area contributed by atoms with Crippen LogP contribution in [0.15, 0.2) is 28.7 Å². The number of benzene rings is 1. The third-order valence-electron chi connectivity index (χ3n) is 3.24. The Hall–Kier alpha value is -1.39. The first-order chi connectivity index (χ1) is 10.0. The summed E-state index contributed by atoms with van der Waals surface area (Å²) in [6.07, 6.45) is 1.89. The lowest BCUT2D eigenvalue weighted by molar-refractivity contribution is 0.280. The zero-order valence-corrected chi connectivity index (χ0v) is 14.2. The fraction of sp³-hybridized carbons (Fsp3) is 0.353. The summed E-state index contributed by atoms with van der Waals surface area (Å²) in [4.78, 5) is 4.50. The molecule has 0 bridgehead atoms. The van der Waals surface area contributed by atoms with E-state index in [4.69, 9.17) is 4.74 Å². The molecule has 0 atom stereocenters. The number of halogens is 1. The largest absolute Gasteiger partial charge is 0.439 e. The maximum Gasteiger partial charge on any atom is 0.219 e. The van der Waals surface area contributed by atoms with Crippen molar-refractivity contribution in [1.82, 2.24) is 4.98 Å². The summed E-state index contributed by atoms with van der Waals surface area (Å²) in [5, 5.41) is 9.36. The number of pyridine rings is 1. The van der Waals surface area contributed by atoms with Crippen molar-refractivity contribution in [1.29, 1.82) is 0 Å². The molecule has 3 nitrogen and oxygen atoms in total. The van der Waals surface area contributed by atoms with E-state index in [0.717, 1.165) is 45.4 Å². The molecule has 2 aromatic rings. The third-order valence-corrected chi connectivity index (χ3v) is 4.49. The summed E-state index contributed by atoms with van der Waals surface area (Å²) in [7, 11) is 0. The summed E-state index contributed by atoms with van der Waals surface area (Å²) >= 11 is 3.55. The van der Waals surface area contributed by atoms with E-state index in [0.29, 0.717) is 5.88 Å². The van der Waals surface area contributed by atoms with Crippen molar-refractivity contribution in [3.8, 4) is 11.6 Å². The maximum absolute atomic E-state index is 9.36. The van der Waals surface area contributed by atoms with Gasteiger partial charge in [0.25, 0.3) is 0 Å². The first-order valence-corrected chi connectivity index (χ1v) is 7.88. The molecule has 1 N–H and O–H groups in total. The Morgan fingerprint density at radius 3 is 2.38 bits per heavy atom. The molecule has 112 valence electrons. The highest BCUT2D eigenvalue weighted by atomic mass is 79.9. The van der Waals surface area contributed by atoms with E-state index in [9.17, 15) is 5.11 Å². The van der Waals surface area contributed by atoms with E-state index in [1.54, 1.807) is 6.07 Å². The Balaban J connectivity index is 2.32. The summed E-state index contributed by atoms with van der Waals surface area (Å²) in [6, 6.07) is 7.66. The standard InChI is InChI=1S/C17H20BrNO2/c1-4-5-14-8-13(10-20)9-16(19-14)21-15-6-11(2)17(18)12(3)7-15/h6-9,20H,4-5,10H2,1-3H3. The van der Waals surface area contributed by atoms with Crippen LogP contribution >= 0.6 is 15.9 Å². The second-order valence-corrected chi connectivity index (χ2v) is 5.98. The average Bonchev–Trinajstić information content (AvgIpc) is 2.44. The zero-order chi connectivity index (χ0) is 15.4. The number of aryl methyl sites for hydroxylation is 3. The average molecular weight is 350 g/mol. The summed E-state index contributed by atoms with van der Waals surface area (Å²) < 4.78 is 6.98. The Bertz CT molecular complexity index is 618. The monoisotopic (exact) mass is 349 g/mol. The number of ether oxygens (including phenoxy) is 1.